The van der Waals surface area contributed by atoms with Crippen molar-refractivity contribution in [1.29, 1.82) is 0 Å². The number of halogens is 1. The summed E-state index contributed by atoms with van der Waals surface area (Å²) in [5.74, 6) is 0. The number of rotatable bonds is 5. The van der Waals surface area contributed by atoms with Gasteiger partial charge in [-0.25, -0.2) is 0 Å². The molecule has 0 spiro atoms. The Morgan fingerprint density at radius 2 is 1.05 bits per heavy atom. The normalized spacial score (nSPS) is 17.1. The molecule has 2 unspecified atom stereocenters. The van der Waals surface area contributed by atoms with Gasteiger partial charge in [0.1, 0.15) is 6.17 Å². The van der Waals surface area contributed by atoms with Gasteiger partial charge in [-0.3, -0.25) is 5.32 Å². The van der Waals surface area contributed by atoms with Gasteiger partial charge in [0, 0.05) is 10.7 Å². The molecule has 0 bridgehead atoms. The van der Waals surface area contributed by atoms with Crippen LogP contribution in [0.25, 0.3) is 28.0 Å². The molecule has 1 aliphatic heterocycles. The lowest BCUT2D eigenvalue weighted by Gasteiger charge is -2.33. The van der Waals surface area contributed by atoms with Crippen LogP contribution in [-0.2, 0) is 0 Å². The van der Waals surface area contributed by atoms with Crippen molar-refractivity contribution in [2.24, 2.45) is 0 Å². The van der Waals surface area contributed by atoms with E-state index in [2.05, 4.69) is 126 Å². The Kier molecular flexibility index (Phi) is 6.60. The van der Waals surface area contributed by atoms with Crippen LogP contribution in [0.3, 0.4) is 0 Å². The molecule has 2 nitrogen and oxygen atoms in total. The number of nitrogens with one attached hydrogen (secondary N) is 2. The van der Waals surface area contributed by atoms with Crippen LogP contribution >= 0.6 is 11.6 Å². The Hall–Kier alpha value is -4.11. The highest BCUT2D eigenvalue weighted by molar-refractivity contribution is 6.30. The van der Waals surface area contributed by atoms with Crippen LogP contribution < -0.4 is 10.6 Å². The zero-order valence-corrected chi connectivity index (χ0v) is 21.1. The number of hydrogen-bond acceptors (Lipinski definition) is 2. The summed E-state index contributed by atoms with van der Waals surface area (Å²) in [6.45, 7) is 0. The summed E-state index contributed by atoms with van der Waals surface area (Å²) in [6, 6.07) is 46.6. The molecule has 5 aromatic rings. The van der Waals surface area contributed by atoms with Gasteiger partial charge in [0.05, 0.1) is 6.04 Å². The third kappa shape index (κ3) is 5.22. The monoisotopic (exact) mass is 498 g/mol. The van der Waals surface area contributed by atoms with Crippen LogP contribution in [0.2, 0.25) is 5.02 Å². The maximum absolute atomic E-state index is 6.22. The largest absolute Gasteiger partial charge is 0.366 e. The van der Waals surface area contributed by atoms with Crippen molar-refractivity contribution in [2.45, 2.75) is 12.2 Å². The molecule has 2 atom stereocenters. The molecule has 0 aliphatic carbocycles. The van der Waals surface area contributed by atoms with Crippen molar-refractivity contribution in [3.63, 3.8) is 0 Å². The smallest absolute Gasteiger partial charge is 0.104 e. The van der Waals surface area contributed by atoms with Gasteiger partial charge in [-0.05, 0) is 57.2 Å². The Morgan fingerprint density at radius 3 is 1.76 bits per heavy atom. The zero-order valence-electron chi connectivity index (χ0n) is 20.3. The van der Waals surface area contributed by atoms with Crippen LogP contribution in [0, 0.1) is 0 Å². The summed E-state index contributed by atoms with van der Waals surface area (Å²) < 4.78 is 0. The lowest BCUT2D eigenvalue weighted by Crippen LogP contribution is -2.39. The average Bonchev–Trinajstić information content (AvgIpc) is 2.98. The Labute approximate surface area is 223 Å². The fourth-order valence-electron chi connectivity index (χ4n) is 4.86. The highest BCUT2D eigenvalue weighted by atomic mass is 35.5. The average molecular weight is 499 g/mol. The molecule has 1 heterocycles. The molecule has 6 rings (SSSR count). The third-order valence-electron chi connectivity index (χ3n) is 6.84. The van der Waals surface area contributed by atoms with Crippen LogP contribution in [-0.4, -0.2) is 0 Å². The first-order valence-corrected chi connectivity index (χ1v) is 12.9. The second-order valence-electron chi connectivity index (χ2n) is 9.29. The van der Waals surface area contributed by atoms with Gasteiger partial charge in [-0.2, -0.15) is 0 Å². The summed E-state index contributed by atoms with van der Waals surface area (Å²) in [5, 5.41) is 8.25. The Morgan fingerprint density at radius 1 is 0.486 bits per heavy atom. The molecule has 1 aliphatic rings. The van der Waals surface area contributed by atoms with E-state index in [9.17, 15) is 0 Å². The molecule has 2 N–H and O–H groups in total. The lowest BCUT2D eigenvalue weighted by molar-refractivity contribution is 0.443. The minimum Gasteiger partial charge on any atom is -0.366 e. The first-order valence-electron chi connectivity index (χ1n) is 12.5. The van der Waals surface area contributed by atoms with E-state index >= 15 is 0 Å². The van der Waals surface area contributed by atoms with Crippen LogP contribution in [0.1, 0.15) is 28.9 Å². The van der Waals surface area contributed by atoms with Gasteiger partial charge in [0.15, 0.2) is 0 Å². The van der Waals surface area contributed by atoms with E-state index in [1.54, 1.807) is 0 Å². The topological polar surface area (TPSA) is 24.1 Å². The minimum atomic E-state index is -0.00685. The predicted octanol–water partition coefficient (Wildman–Crippen LogP) is 8.65. The van der Waals surface area contributed by atoms with Crippen molar-refractivity contribution >= 4 is 17.3 Å². The van der Waals surface area contributed by atoms with Gasteiger partial charge in [0.25, 0.3) is 0 Å². The zero-order chi connectivity index (χ0) is 25.0. The van der Waals surface area contributed by atoms with Crippen molar-refractivity contribution in [3.8, 4) is 22.3 Å². The van der Waals surface area contributed by atoms with Crippen LogP contribution in [0.5, 0.6) is 0 Å². The second kappa shape index (κ2) is 10.5. The van der Waals surface area contributed by atoms with E-state index in [-0.39, 0.29) is 12.2 Å². The van der Waals surface area contributed by atoms with E-state index in [1.165, 1.54) is 27.8 Å². The summed E-state index contributed by atoms with van der Waals surface area (Å²) in [4.78, 5) is 0. The Bertz CT molecular complexity index is 1510. The SMILES string of the molecule is Clc1cccc(-c2ccc(C3C=C(c4ccc(-c5ccccc5)cc4)NC(c4ccccc4)N3)cc2)c1. The maximum Gasteiger partial charge on any atom is 0.104 e. The molecule has 0 fully saturated rings. The van der Waals surface area contributed by atoms with Gasteiger partial charge < -0.3 is 5.32 Å². The fraction of sp³-hybridized carbons (Fsp3) is 0.0588. The van der Waals surface area contributed by atoms with Gasteiger partial charge in [0.2, 0.25) is 0 Å². The standard InChI is InChI=1S/C34H27ClN2/c35-31-13-7-12-30(22-31)26-16-20-28(21-17-26)33-23-32(36-34(37-33)29-10-5-2-6-11-29)27-18-14-25(15-19-27)24-8-3-1-4-9-24/h1-23,33-34,36-37H. The molecular formula is C34H27ClN2. The van der Waals surface area contributed by atoms with E-state index < -0.39 is 0 Å². The number of hydrogen-bond donors (Lipinski definition) is 2. The molecule has 37 heavy (non-hydrogen) atoms. The first-order chi connectivity index (χ1) is 18.2. The fourth-order valence-corrected chi connectivity index (χ4v) is 5.05. The second-order valence-corrected chi connectivity index (χ2v) is 9.72. The maximum atomic E-state index is 6.22. The van der Waals surface area contributed by atoms with Crippen molar-refractivity contribution in [1.82, 2.24) is 10.6 Å². The van der Waals surface area contributed by atoms with E-state index in [0.717, 1.165) is 21.8 Å². The van der Waals surface area contributed by atoms with Gasteiger partial charge in [-0.1, -0.05) is 133 Å². The summed E-state index contributed by atoms with van der Waals surface area (Å²) >= 11 is 6.22. The summed E-state index contributed by atoms with van der Waals surface area (Å²) in [7, 11) is 0. The van der Waals surface area contributed by atoms with E-state index in [0.29, 0.717) is 0 Å². The van der Waals surface area contributed by atoms with Gasteiger partial charge in [-0.15, -0.1) is 0 Å². The Balaban J connectivity index is 1.33. The first kappa shape index (κ1) is 23.3. The summed E-state index contributed by atoms with van der Waals surface area (Å²) in [5.41, 5.74) is 9.42. The molecular weight excluding hydrogens is 472 g/mol. The van der Waals surface area contributed by atoms with Crippen molar-refractivity contribution in [3.05, 3.63) is 161 Å². The van der Waals surface area contributed by atoms with Crippen molar-refractivity contribution in [2.75, 3.05) is 0 Å². The molecule has 180 valence electrons. The third-order valence-corrected chi connectivity index (χ3v) is 7.08. The van der Waals surface area contributed by atoms with Crippen LogP contribution in [0.15, 0.2) is 140 Å². The van der Waals surface area contributed by atoms with Crippen LogP contribution in [0.4, 0.5) is 0 Å². The molecule has 0 radical (unpaired) electrons. The van der Waals surface area contributed by atoms with E-state index in [1.807, 2.05) is 24.3 Å². The van der Waals surface area contributed by atoms with Gasteiger partial charge >= 0.3 is 0 Å². The molecule has 0 saturated heterocycles. The highest BCUT2D eigenvalue weighted by Crippen LogP contribution is 2.32. The summed E-state index contributed by atoms with van der Waals surface area (Å²) in [6.07, 6.45) is 2.28. The predicted molar refractivity (Wildman–Crippen MR) is 155 cm³/mol. The van der Waals surface area contributed by atoms with Crippen molar-refractivity contribution < 1.29 is 0 Å². The highest BCUT2D eigenvalue weighted by Gasteiger charge is 2.24. The minimum absolute atomic E-state index is 0.00685. The lowest BCUT2D eigenvalue weighted by atomic mass is 9.96. The molecule has 0 saturated carbocycles. The molecule has 0 amide bonds. The molecule has 0 aromatic heterocycles. The molecule has 5 aromatic carbocycles. The van der Waals surface area contributed by atoms with E-state index in [4.69, 9.17) is 11.6 Å². The number of benzene rings is 5. The molecule has 3 heteroatoms. The quantitative estimate of drug-likeness (QED) is 0.253.